The Balaban J connectivity index is 2.10. The number of nitrogens with one attached hydrogen (secondary N) is 1. The average Bonchev–Trinajstić information content (AvgIpc) is 2.52. The lowest BCUT2D eigenvalue weighted by molar-refractivity contribution is 0.283. The molecule has 0 aliphatic rings. The lowest BCUT2D eigenvalue weighted by Gasteiger charge is -2.01. The molecule has 0 aliphatic heterocycles. The molecule has 86 valence electrons. The van der Waals surface area contributed by atoms with Crippen molar-refractivity contribution in [3.63, 3.8) is 0 Å². The first-order valence-corrected chi connectivity index (χ1v) is 6.43. The van der Waals surface area contributed by atoms with Gasteiger partial charge in [0.1, 0.15) is 0 Å². The van der Waals surface area contributed by atoms with E-state index in [-0.39, 0.29) is 0 Å². The van der Waals surface area contributed by atoms with Crippen LogP contribution >= 0.6 is 11.3 Å². The van der Waals surface area contributed by atoms with Gasteiger partial charge < -0.3 is 10.4 Å². The van der Waals surface area contributed by atoms with Crippen LogP contribution in [0, 0.1) is 13.8 Å². The highest BCUT2D eigenvalue weighted by atomic mass is 32.1. The van der Waals surface area contributed by atoms with Gasteiger partial charge in [-0.05, 0) is 51.3 Å². The molecule has 1 heterocycles. The summed E-state index contributed by atoms with van der Waals surface area (Å²) >= 11 is 1.88. The molecule has 0 aliphatic carbocycles. The number of aliphatic hydroxyl groups is 1. The lowest BCUT2D eigenvalue weighted by Crippen LogP contribution is -2.13. The van der Waals surface area contributed by atoms with Crippen molar-refractivity contribution in [3.8, 4) is 0 Å². The predicted octanol–water partition coefficient (Wildman–Crippen LogP) is 2.62. The fourth-order valence-electron chi connectivity index (χ4n) is 1.49. The second kappa shape index (κ2) is 6.99. The Morgan fingerprint density at radius 1 is 1.27 bits per heavy atom. The predicted molar refractivity (Wildman–Crippen MR) is 66.4 cm³/mol. The summed E-state index contributed by atoms with van der Waals surface area (Å²) in [6.45, 7) is 6.69. The Labute approximate surface area is 96.3 Å². The van der Waals surface area contributed by atoms with Gasteiger partial charge in [-0.1, -0.05) is 0 Å². The summed E-state index contributed by atoms with van der Waals surface area (Å²) < 4.78 is 0. The number of hydrogen-bond donors (Lipinski definition) is 2. The topological polar surface area (TPSA) is 32.3 Å². The molecule has 1 aromatic rings. The minimum Gasteiger partial charge on any atom is -0.396 e. The van der Waals surface area contributed by atoms with Gasteiger partial charge in [0.15, 0.2) is 0 Å². The van der Waals surface area contributed by atoms with E-state index in [1.54, 1.807) is 0 Å². The minimum absolute atomic E-state index is 0.323. The fraction of sp³-hybridized carbons (Fsp3) is 0.667. The summed E-state index contributed by atoms with van der Waals surface area (Å²) in [7, 11) is 0. The molecule has 1 rings (SSSR count). The molecule has 15 heavy (non-hydrogen) atoms. The Morgan fingerprint density at radius 2 is 2.07 bits per heavy atom. The zero-order chi connectivity index (χ0) is 11.1. The maximum Gasteiger partial charge on any atom is 0.0431 e. The normalized spacial score (nSPS) is 10.9. The van der Waals surface area contributed by atoms with Crippen LogP contribution in [0.15, 0.2) is 6.07 Å². The summed E-state index contributed by atoms with van der Waals surface area (Å²) in [4.78, 5) is 2.85. The second-order valence-corrected chi connectivity index (χ2v) is 5.25. The van der Waals surface area contributed by atoms with E-state index >= 15 is 0 Å². The summed E-state index contributed by atoms with van der Waals surface area (Å²) in [5.41, 5.74) is 1.40. The van der Waals surface area contributed by atoms with Crippen LogP contribution in [-0.2, 0) is 6.54 Å². The largest absolute Gasteiger partial charge is 0.396 e. The monoisotopic (exact) mass is 227 g/mol. The maximum absolute atomic E-state index is 8.62. The minimum atomic E-state index is 0.323. The van der Waals surface area contributed by atoms with Gasteiger partial charge in [-0.25, -0.2) is 0 Å². The van der Waals surface area contributed by atoms with Crippen LogP contribution in [-0.4, -0.2) is 18.3 Å². The molecule has 0 saturated carbocycles. The Kier molecular flexibility index (Phi) is 5.91. The molecule has 2 nitrogen and oxygen atoms in total. The molecule has 0 saturated heterocycles. The zero-order valence-electron chi connectivity index (χ0n) is 9.68. The number of aryl methyl sites for hydroxylation is 2. The quantitative estimate of drug-likeness (QED) is 0.702. The molecule has 2 N–H and O–H groups in total. The molecule has 0 spiro atoms. The van der Waals surface area contributed by atoms with Gasteiger partial charge in [0, 0.05) is 22.9 Å². The Morgan fingerprint density at radius 3 is 2.67 bits per heavy atom. The van der Waals surface area contributed by atoms with E-state index in [1.165, 1.54) is 15.3 Å². The van der Waals surface area contributed by atoms with Crippen molar-refractivity contribution in [2.75, 3.05) is 13.2 Å². The van der Waals surface area contributed by atoms with Crippen molar-refractivity contribution in [3.05, 3.63) is 21.4 Å². The molecular weight excluding hydrogens is 206 g/mol. The van der Waals surface area contributed by atoms with E-state index in [1.807, 2.05) is 11.3 Å². The first-order valence-electron chi connectivity index (χ1n) is 5.61. The van der Waals surface area contributed by atoms with E-state index in [4.69, 9.17) is 5.11 Å². The highest BCUT2D eigenvalue weighted by Gasteiger charge is 2.00. The van der Waals surface area contributed by atoms with Crippen LogP contribution in [0.1, 0.15) is 34.6 Å². The van der Waals surface area contributed by atoms with Crippen LogP contribution in [0.4, 0.5) is 0 Å². The van der Waals surface area contributed by atoms with Crippen LogP contribution in [0.25, 0.3) is 0 Å². The fourth-order valence-corrected chi connectivity index (χ4v) is 2.51. The molecule has 0 bridgehead atoms. The third kappa shape index (κ3) is 4.78. The number of unbranched alkanes of at least 4 members (excludes halogenated alkanes) is 2. The number of hydrogen-bond acceptors (Lipinski definition) is 3. The van der Waals surface area contributed by atoms with Gasteiger partial charge in [0.2, 0.25) is 0 Å². The average molecular weight is 227 g/mol. The van der Waals surface area contributed by atoms with E-state index in [0.29, 0.717) is 6.61 Å². The van der Waals surface area contributed by atoms with Crippen molar-refractivity contribution < 1.29 is 5.11 Å². The molecule has 0 radical (unpaired) electrons. The van der Waals surface area contributed by atoms with Crippen molar-refractivity contribution in [2.45, 2.75) is 39.7 Å². The lowest BCUT2D eigenvalue weighted by atomic mass is 10.2. The van der Waals surface area contributed by atoms with Crippen molar-refractivity contribution >= 4 is 11.3 Å². The second-order valence-electron chi connectivity index (χ2n) is 3.91. The SMILES string of the molecule is Cc1cc(CNCCCCCO)sc1C. The van der Waals surface area contributed by atoms with Gasteiger partial charge in [0.25, 0.3) is 0 Å². The molecule has 3 heteroatoms. The van der Waals surface area contributed by atoms with Gasteiger partial charge in [-0.15, -0.1) is 11.3 Å². The van der Waals surface area contributed by atoms with Crippen molar-refractivity contribution in [1.29, 1.82) is 0 Å². The first kappa shape index (κ1) is 12.7. The summed E-state index contributed by atoms with van der Waals surface area (Å²) in [5, 5.41) is 12.0. The summed E-state index contributed by atoms with van der Waals surface area (Å²) in [5.74, 6) is 0. The highest BCUT2D eigenvalue weighted by molar-refractivity contribution is 7.12. The number of aliphatic hydroxyl groups excluding tert-OH is 1. The van der Waals surface area contributed by atoms with Crippen LogP contribution in [0.5, 0.6) is 0 Å². The van der Waals surface area contributed by atoms with E-state index < -0.39 is 0 Å². The molecule has 0 atom stereocenters. The Bertz CT molecular complexity index is 264. The Hall–Kier alpha value is -0.380. The highest BCUT2D eigenvalue weighted by Crippen LogP contribution is 2.20. The van der Waals surface area contributed by atoms with Crippen molar-refractivity contribution in [2.24, 2.45) is 0 Å². The van der Waals surface area contributed by atoms with E-state index in [9.17, 15) is 0 Å². The third-order valence-corrected chi connectivity index (χ3v) is 3.68. The molecule has 1 aromatic heterocycles. The van der Waals surface area contributed by atoms with Crippen molar-refractivity contribution in [1.82, 2.24) is 5.32 Å². The summed E-state index contributed by atoms with van der Waals surface area (Å²) in [6, 6.07) is 2.26. The molecule has 0 fully saturated rings. The van der Waals surface area contributed by atoms with Crippen LogP contribution < -0.4 is 5.32 Å². The molecular formula is C12H21NOS. The molecule has 0 unspecified atom stereocenters. The van der Waals surface area contributed by atoms with Gasteiger partial charge in [0.05, 0.1) is 0 Å². The smallest absolute Gasteiger partial charge is 0.0431 e. The van der Waals surface area contributed by atoms with Gasteiger partial charge >= 0.3 is 0 Å². The number of thiophene rings is 1. The summed E-state index contributed by atoms with van der Waals surface area (Å²) in [6.07, 6.45) is 3.20. The van der Waals surface area contributed by atoms with Gasteiger partial charge in [-0.3, -0.25) is 0 Å². The zero-order valence-corrected chi connectivity index (χ0v) is 10.5. The van der Waals surface area contributed by atoms with E-state index in [2.05, 4.69) is 25.2 Å². The standard InChI is InChI=1S/C12H21NOS/c1-10-8-12(15-11(10)2)9-13-6-4-3-5-7-14/h8,13-14H,3-7,9H2,1-2H3. The number of rotatable bonds is 7. The van der Waals surface area contributed by atoms with Crippen LogP contribution in [0.2, 0.25) is 0 Å². The van der Waals surface area contributed by atoms with Gasteiger partial charge in [-0.2, -0.15) is 0 Å². The molecule has 0 aromatic carbocycles. The van der Waals surface area contributed by atoms with E-state index in [0.717, 1.165) is 32.4 Å². The maximum atomic E-state index is 8.62. The first-order chi connectivity index (χ1) is 7.24. The van der Waals surface area contributed by atoms with Crippen LogP contribution in [0.3, 0.4) is 0 Å². The third-order valence-electron chi connectivity index (χ3n) is 2.53. The molecule has 0 amide bonds.